The van der Waals surface area contributed by atoms with Crippen molar-refractivity contribution in [1.82, 2.24) is 5.32 Å². The minimum atomic E-state index is 0.515. The van der Waals surface area contributed by atoms with E-state index < -0.39 is 0 Å². The van der Waals surface area contributed by atoms with Crippen LogP contribution in [-0.4, -0.2) is 18.4 Å². The zero-order valence-electron chi connectivity index (χ0n) is 14.0. The fraction of sp³-hybridized carbons (Fsp3) is 0.667. The molecule has 4 bridgehead atoms. The Balaban J connectivity index is 1.23. The fourth-order valence-corrected chi connectivity index (χ4v) is 6.53. The van der Waals surface area contributed by atoms with Gasteiger partial charge in [0.05, 0.1) is 18.4 Å². The van der Waals surface area contributed by atoms with Gasteiger partial charge in [0.25, 0.3) is 0 Å². The monoisotopic (exact) mass is 308 g/mol. The predicted octanol–water partition coefficient (Wildman–Crippen LogP) is 4.21. The van der Waals surface area contributed by atoms with Crippen LogP contribution in [0.15, 0.2) is 35.3 Å². The average Bonchev–Trinajstić information content (AvgIpc) is 2.93. The van der Waals surface area contributed by atoms with Gasteiger partial charge in [-0.25, -0.2) is 0 Å². The van der Waals surface area contributed by atoms with E-state index >= 15 is 0 Å². The maximum atomic E-state index is 4.89. The molecule has 0 radical (unpaired) electrons. The molecule has 122 valence electrons. The van der Waals surface area contributed by atoms with Gasteiger partial charge in [0.2, 0.25) is 0 Å². The summed E-state index contributed by atoms with van der Waals surface area (Å²) in [5, 5.41) is 3.76. The molecule has 1 N–H and O–H groups in total. The van der Waals surface area contributed by atoms with Crippen molar-refractivity contribution in [2.24, 2.45) is 28.2 Å². The Labute approximate surface area is 139 Å². The summed E-state index contributed by atoms with van der Waals surface area (Å²) in [7, 11) is 0. The molecule has 1 atom stereocenters. The summed E-state index contributed by atoms with van der Waals surface area (Å²) < 4.78 is 0. The first-order chi connectivity index (χ1) is 11.3. The Bertz CT molecular complexity index is 568. The second-order valence-electron chi connectivity index (χ2n) is 8.91. The molecule has 1 aromatic rings. The molecule has 2 heteroatoms. The highest BCUT2D eigenvalue weighted by Crippen LogP contribution is 2.61. The number of hydrogen-bond acceptors (Lipinski definition) is 2. The van der Waals surface area contributed by atoms with Gasteiger partial charge in [0, 0.05) is 6.42 Å². The highest BCUT2D eigenvalue weighted by Gasteiger charge is 2.51. The molecule has 4 fully saturated rings. The molecule has 23 heavy (non-hydrogen) atoms. The molecule has 0 unspecified atom stereocenters. The first-order valence-corrected chi connectivity index (χ1v) is 9.60. The lowest BCUT2D eigenvalue weighted by Gasteiger charge is -2.57. The number of aliphatic imine (C=N–C) groups is 1. The van der Waals surface area contributed by atoms with Crippen LogP contribution < -0.4 is 5.32 Å². The molecule has 0 amide bonds. The van der Waals surface area contributed by atoms with Gasteiger partial charge >= 0.3 is 0 Å². The van der Waals surface area contributed by atoms with Gasteiger partial charge in [0.1, 0.15) is 0 Å². The summed E-state index contributed by atoms with van der Waals surface area (Å²) in [6, 6.07) is 11.4. The third-order valence-electron chi connectivity index (χ3n) is 6.91. The van der Waals surface area contributed by atoms with Crippen LogP contribution >= 0.6 is 0 Å². The molecule has 1 aromatic carbocycles. The molecule has 2 nitrogen and oxygen atoms in total. The molecule has 1 heterocycles. The standard InChI is InChI=1S/C21H28N2/c1-2-4-15(5-3-1)9-19-14-22-20(23-19)13-21-10-16-6-17(11-21)8-18(7-16)12-21/h1-5,16-19H,6-14H2,(H,22,23)/t16?,17?,18?,19-,21?/m0/s1. The van der Waals surface area contributed by atoms with Crippen molar-refractivity contribution >= 4 is 5.84 Å². The van der Waals surface area contributed by atoms with Crippen molar-refractivity contribution in [2.75, 3.05) is 6.54 Å². The summed E-state index contributed by atoms with van der Waals surface area (Å²) in [6.45, 7) is 0.969. The highest BCUT2D eigenvalue weighted by molar-refractivity contribution is 5.84. The SMILES string of the molecule is c1ccc(C[C@H]2CN=C(CC34CC5CC(CC(C5)C3)C4)N2)cc1. The van der Waals surface area contributed by atoms with Gasteiger partial charge in [-0.3, -0.25) is 4.99 Å². The van der Waals surface area contributed by atoms with Gasteiger partial charge in [-0.15, -0.1) is 0 Å². The van der Waals surface area contributed by atoms with Crippen LogP contribution in [0.4, 0.5) is 0 Å². The van der Waals surface area contributed by atoms with E-state index in [9.17, 15) is 0 Å². The van der Waals surface area contributed by atoms with Crippen LogP contribution in [0, 0.1) is 23.2 Å². The van der Waals surface area contributed by atoms with Crippen molar-refractivity contribution in [2.45, 2.75) is 57.4 Å². The van der Waals surface area contributed by atoms with Gasteiger partial charge in [0.15, 0.2) is 0 Å². The van der Waals surface area contributed by atoms with E-state index in [-0.39, 0.29) is 0 Å². The molecule has 5 aliphatic rings. The van der Waals surface area contributed by atoms with E-state index in [0.717, 1.165) is 30.7 Å². The Hall–Kier alpha value is -1.31. The predicted molar refractivity (Wildman–Crippen MR) is 94.6 cm³/mol. The molecule has 4 aliphatic carbocycles. The number of benzene rings is 1. The molecule has 0 spiro atoms. The van der Waals surface area contributed by atoms with E-state index in [1.165, 1.54) is 56.3 Å². The van der Waals surface area contributed by atoms with Crippen LogP contribution in [0.1, 0.15) is 50.5 Å². The number of hydrogen-bond donors (Lipinski definition) is 1. The molecule has 0 saturated heterocycles. The maximum Gasteiger partial charge on any atom is 0.0972 e. The molecule has 0 aromatic heterocycles. The van der Waals surface area contributed by atoms with E-state index in [2.05, 4.69) is 35.6 Å². The Morgan fingerprint density at radius 1 is 0.957 bits per heavy atom. The van der Waals surface area contributed by atoms with Gasteiger partial charge in [-0.05, 0) is 73.7 Å². The van der Waals surface area contributed by atoms with E-state index in [1.807, 2.05) is 0 Å². The summed E-state index contributed by atoms with van der Waals surface area (Å²) >= 11 is 0. The van der Waals surface area contributed by atoms with Crippen molar-refractivity contribution < 1.29 is 0 Å². The largest absolute Gasteiger partial charge is 0.369 e. The lowest BCUT2D eigenvalue weighted by Crippen LogP contribution is -2.48. The third kappa shape index (κ3) is 2.70. The van der Waals surface area contributed by atoms with Crippen LogP contribution in [-0.2, 0) is 6.42 Å². The molecular weight excluding hydrogens is 280 g/mol. The van der Waals surface area contributed by atoms with Crippen molar-refractivity contribution in [3.63, 3.8) is 0 Å². The second-order valence-corrected chi connectivity index (χ2v) is 8.91. The van der Waals surface area contributed by atoms with Crippen LogP contribution in [0.25, 0.3) is 0 Å². The van der Waals surface area contributed by atoms with E-state index in [0.29, 0.717) is 11.5 Å². The quantitative estimate of drug-likeness (QED) is 0.885. The summed E-state index contributed by atoms with van der Waals surface area (Å²) in [6.07, 6.45) is 11.4. The minimum absolute atomic E-state index is 0.515. The number of rotatable bonds is 4. The number of nitrogens with one attached hydrogen (secondary N) is 1. The second kappa shape index (κ2) is 5.36. The zero-order valence-corrected chi connectivity index (χ0v) is 14.0. The highest BCUT2D eigenvalue weighted by atomic mass is 15.1. The van der Waals surface area contributed by atoms with E-state index in [1.54, 1.807) is 0 Å². The summed E-state index contributed by atoms with van der Waals surface area (Å²) in [5.41, 5.74) is 2.04. The normalized spacial score (nSPS) is 41.0. The minimum Gasteiger partial charge on any atom is -0.369 e. The number of nitrogens with zero attached hydrogens (tertiary/aromatic N) is 1. The zero-order chi connectivity index (χ0) is 15.3. The van der Waals surface area contributed by atoms with Crippen molar-refractivity contribution in [3.8, 4) is 0 Å². The van der Waals surface area contributed by atoms with Crippen LogP contribution in [0.5, 0.6) is 0 Å². The van der Waals surface area contributed by atoms with Crippen LogP contribution in [0.3, 0.4) is 0 Å². The first kappa shape index (κ1) is 14.1. The van der Waals surface area contributed by atoms with Crippen molar-refractivity contribution in [1.29, 1.82) is 0 Å². The molecule has 4 saturated carbocycles. The lowest BCUT2D eigenvalue weighted by atomic mass is 9.49. The van der Waals surface area contributed by atoms with Gasteiger partial charge in [-0.2, -0.15) is 0 Å². The van der Waals surface area contributed by atoms with Gasteiger partial charge in [-0.1, -0.05) is 30.3 Å². The molecular formula is C21H28N2. The lowest BCUT2D eigenvalue weighted by molar-refractivity contribution is -0.0484. The fourth-order valence-electron chi connectivity index (χ4n) is 6.53. The summed E-state index contributed by atoms with van der Waals surface area (Å²) in [5.74, 6) is 4.46. The van der Waals surface area contributed by atoms with E-state index in [4.69, 9.17) is 4.99 Å². The Morgan fingerprint density at radius 2 is 1.61 bits per heavy atom. The Morgan fingerprint density at radius 3 is 2.26 bits per heavy atom. The smallest absolute Gasteiger partial charge is 0.0972 e. The summed E-state index contributed by atoms with van der Waals surface area (Å²) in [4.78, 5) is 4.89. The molecule has 6 rings (SSSR count). The average molecular weight is 308 g/mol. The Kier molecular flexibility index (Phi) is 3.28. The maximum absolute atomic E-state index is 4.89. The molecule has 1 aliphatic heterocycles. The van der Waals surface area contributed by atoms with Crippen molar-refractivity contribution in [3.05, 3.63) is 35.9 Å². The first-order valence-electron chi connectivity index (χ1n) is 9.60. The third-order valence-corrected chi connectivity index (χ3v) is 6.91. The van der Waals surface area contributed by atoms with Gasteiger partial charge < -0.3 is 5.32 Å². The van der Waals surface area contributed by atoms with Crippen LogP contribution in [0.2, 0.25) is 0 Å². The topological polar surface area (TPSA) is 24.4 Å². The number of amidine groups is 1.